The van der Waals surface area contributed by atoms with Crippen molar-refractivity contribution in [3.05, 3.63) is 222 Å². The Morgan fingerprint density at radius 3 is 1.06 bits per heavy atom. The number of methoxy groups -OCH3 is 1. The second kappa shape index (κ2) is 21.0. The average Bonchev–Trinajstić information content (AvgIpc) is 3.83. The van der Waals surface area contributed by atoms with Gasteiger partial charge in [-0.15, -0.1) is 11.3 Å². The van der Waals surface area contributed by atoms with E-state index in [4.69, 9.17) is 9.47 Å². The zero-order valence-corrected chi connectivity index (χ0v) is 37.5. The van der Waals surface area contributed by atoms with E-state index in [1.807, 2.05) is 17.4 Å². The lowest BCUT2D eigenvalue weighted by Crippen LogP contribution is -2.10. The predicted molar refractivity (Wildman–Crippen MR) is 268 cm³/mol. The first kappa shape index (κ1) is 43.2. The van der Waals surface area contributed by atoms with E-state index < -0.39 is 0 Å². The maximum absolute atomic E-state index is 6.09. The minimum atomic E-state index is 0.549. The number of hydrogen-bond acceptors (Lipinski definition) is 5. The van der Waals surface area contributed by atoms with Gasteiger partial charge in [-0.1, -0.05) is 136 Å². The molecule has 0 aliphatic carbocycles. The van der Waals surface area contributed by atoms with Gasteiger partial charge >= 0.3 is 0 Å². The van der Waals surface area contributed by atoms with E-state index in [-0.39, 0.29) is 0 Å². The van der Waals surface area contributed by atoms with Crippen molar-refractivity contribution >= 4 is 51.5 Å². The first-order chi connectivity index (χ1) is 31.0. The minimum Gasteiger partial charge on any atom is -0.380 e. The number of thiophene rings is 1. The number of nitrogens with zero attached hydrogens (tertiary/aromatic N) is 2. The predicted octanol–water partition coefficient (Wildman–Crippen LogP) is 16.4. The number of aryl methyl sites for hydroxylation is 2. The molecule has 316 valence electrons. The van der Waals surface area contributed by atoms with Crippen molar-refractivity contribution in [2.45, 2.75) is 59.4 Å². The fourth-order valence-corrected chi connectivity index (χ4v) is 9.00. The van der Waals surface area contributed by atoms with Crippen molar-refractivity contribution < 1.29 is 9.47 Å². The first-order valence-electron chi connectivity index (χ1n) is 22.1. The van der Waals surface area contributed by atoms with Crippen molar-refractivity contribution in [3.8, 4) is 20.9 Å². The number of rotatable bonds is 19. The second-order valence-electron chi connectivity index (χ2n) is 16.0. The molecular formula is C58H56N2O2S. The quantitative estimate of drug-likeness (QED) is 0.0809. The zero-order chi connectivity index (χ0) is 43.4. The molecule has 5 heteroatoms. The molecule has 0 N–H and O–H groups in total. The molecule has 0 aliphatic heterocycles. The Morgan fingerprint density at radius 2 is 0.730 bits per heavy atom. The molecule has 63 heavy (non-hydrogen) atoms. The highest BCUT2D eigenvalue weighted by atomic mass is 32.1. The summed E-state index contributed by atoms with van der Waals surface area (Å²) in [5.41, 5.74) is 16.4. The molecule has 0 bridgehead atoms. The molecule has 0 aliphatic rings. The molecule has 0 saturated heterocycles. The largest absolute Gasteiger partial charge is 0.380 e. The fraction of sp³-hybridized carbons (Fsp3) is 0.172. The van der Waals surface area contributed by atoms with Gasteiger partial charge in [-0.3, -0.25) is 0 Å². The van der Waals surface area contributed by atoms with Crippen molar-refractivity contribution in [2.75, 3.05) is 16.9 Å². The molecule has 1 heterocycles. The summed E-state index contributed by atoms with van der Waals surface area (Å²) < 4.78 is 11.5. The number of benzene rings is 7. The maximum atomic E-state index is 6.09. The first-order valence-corrected chi connectivity index (χ1v) is 22.9. The molecule has 8 aromatic rings. The lowest BCUT2D eigenvalue weighted by Gasteiger charge is -2.26. The van der Waals surface area contributed by atoms with Crippen molar-refractivity contribution in [1.29, 1.82) is 0 Å². The van der Waals surface area contributed by atoms with Crippen molar-refractivity contribution in [3.63, 3.8) is 0 Å². The lowest BCUT2D eigenvalue weighted by atomic mass is 10.1. The van der Waals surface area contributed by atoms with E-state index >= 15 is 0 Å². The molecule has 7 aromatic carbocycles. The number of anilines is 6. The van der Waals surface area contributed by atoms with Crippen LogP contribution in [0.15, 0.2) is 189 Å². The van der Waals surface area contributed by atoms with Crippen LogP contribution >= 0.6 is 11.3 Å². The van der Waals surface area contributed by atoms with Crippen LogP contribution in [0.4, 0.5) is 34.1 Å². The lowest BCUT2D eigenvalue weighted by molar-refractivity contribution is 0.107. The zero-order valence-electron chi connectivity index (χ0n) is 36.7. The molecular weight excluding hydrogens is 789 g/mol. The Kier molecular flexibility index (Phi) is 14.4. The summed E-state index contributed by atoms with van der Waals surface area (Å²) in [4.78, 5) is 7.14. The molecule has 8 rings (SSSR count). The Bertz CT molecular complexity index is 2600. The third kappa shape index (κ3) is 10.8. The highest BCUT2D eigenvalue weighted by molar-refractivity contribution is 7.18. The van der Waals surface area contributed by atoms with Gasteiger partial charge in [0.1, 0.15) is 0 Å². The van der Waals surface area contributed by atoms with Crippen LogP contribution < -0.4 is 9.80 Å². The van der Waals surface area contributed by atoms with E-state index in [0.29, 0.717) is 19.8 Å². The van der Waals surface area contributed by atoms with Crippen LogP contribution in [0.25, 0.3) is 27.0 Å². The van der Waals surface area contributed by atoms with Crippen LogP contribution in [-0.4, -0.2) is 7.11 Å². The van der Waals surface area contributed by atoms with Crippen LogP contribution in [0, 0.1) is 0 Å². The van der Waals surface area contributed by atoms with E-state index in [1.165, 1.54) is 32.0 Å². The summed E-state index contributed by atoms with van der Waals surface area (Å²) >= 11 is 1.82. The Labute approximate surface area is 378 Å². The monoisotopic (exact) mass is 844 g/mol. The van der Waals surface area contributed by atoms with E-state index in [2.05, 4.69) is 212 Å². The number of ether oxygens (including phenoxy) is 2. The molecule has 0 saturated carbocycles. The molecule has 0 spiro atoms. The van der Waals surface area contributed by atoms with E-state index in [0.717, 1.165) is 82.1 Å². The van der Waals surface area contributed by atoms with Gasteiger partial charge in [-0.2, -0.15) is 0 Å². The highest BCUT2D eigenvalue weighted by Crippen LogP contribution is 2.41. The summed E-state index contributed by atoms with van der Waals surface area (Å²) in [5, 5.41) is 0. The molecule has 0 amide bonds. The Hall–Kier alpha value is -6.50. The highest BCUT2D eigenvalue weighted by Gasteiger charge is 2.16. The van der Waals surface area contributed by atoms with Gasteiger partial charge in [0.2, 0.25) is 0 Å². The summed E-state index contributed by atoms with van der Waals surface area (Å²) in [6.07, 6.45) is 6.28. The molecule has 0 fully saturated rings. The topological polar surface area (TPSA) is 24.9 Å². The van der Waals surface area contributed by atoms with Crippen LogP contribution in [0.3, 0.4) is 0 Å². The van der Waals surface area contributed by atoms with Gasteiger partial charge in [0.25, 0.3) is 0 Å². The van der Waals surface area contributed by atoms with Crippen LogP contribution in [-0.2, 0) is 42.1 Å². The third-order valence-corrected chi connectivity index (χ3v) is 12.5. The van der Waals surface area contributed by atoms with Gasteiger partial charge in [-0.05, 0) is 142 Å². The van der Waals surface area contributed by atoms with E-state index in [9.17, 15) is 0 Å². The molecule has 0 unspecified atom stereocenters. The van der Waals surface area contributed by atoms with Crippen LogP contribution in [0.1, 0.15) is 60.1 Å². The standard InChI is InChI=1S/C58H56N2O2S/c1-5-8-44-14-26-51(27-15-44)59(53-30-18-46(19-31-53)40-61-4)55-34-22-49(23-35-55)57-38-39-58(63-57)50-24-36-56(37-25-50)60(52-28-16-45(9-6-2)17-29-52)54-32-20-48(21-33-54)42-62-41-47-12-10-43(7-3)11-13-47/h7,10-39H,3,5-6,8-9,40-42H2,1-2,4H3. The normalized spacial score (nSPS) is 11.1. The SMILES string of the molecule is C=Cc1ccc(COCc2ccc(N(c3ccc(CCC)cc3)c3ccc(-c4ccc(-c5ccc(N(c6ccc(CCC)cc6)c6ccc(COC)cc6)cc5)s4)cc3)cc2)cc1. The minimum absolute atomic E-state index is 0.549. The van der Waals surface area contributed by atoms with Gasteiger partial charge in [0, 0.05) is 51.0 Å². The fourth-order valence-electron chi connectivity index (χ4n) is 7.98. The summed E-state index contributed by atoms with van der Waals surface area (Å²) in [5.74, 6) is 0. The van der Waals surface area contributed by atoms with Crippen LogP contribution in [0.2, 0.25) is 0 Å². The molecule has 0 atom stereocenters. The summed E-state index contributed by atoms with van der Waals surface area (Å²) in [6, 6.07) is 66.1. The smallest absolute Gasteiger partial charge is 0.0721 e. The van der Waals surface area contributed by atoms with Gasteiger partial charge in [0.05, 0.1) is 19.8 Å². The maximum Gasteiger partial charge on any atom is 0.0721 e. The summed E-state index contributed by atoms with van der Waals surface area (Å²) in [6.45, 7) is 10.0. The van der Waals surface area contributed by atoms with Crippen molar-refractivity contribution in [1.82, 2.24) is 0 Å². The van der Waals surface area contributed by atoms with Gasteiger partial charge in [0.15, 0.2) is 0 Å². The van der Waals surface area contributed by atoms with Gasteiger partial charge in [-0.25, -0.2) is 0 Å². The molecule has 1 aromatic heterocycles. The average molecular weight is 845 g/mol. The number of hydrogen-bond donors (Lipinski definition) is 0. The van der Waals surface area contributed by atoms with Crippen LogP contribution in [0.5, 0.6) is 0 Å². The Balaban J connectivity index is 1.000. The Morgan fingerprint density at radius 1 is 0.413 bits per heavy atom. The van der Waals surface area contributed by atoms with Crippen molar-refractivity contribution in [2.24, 2.45) is 0 Å². The second-order valence-corrected chi connectivity index (χ2v) is 17.0. The molecule has 4 nitrogen and oxygen atoms in total. The van der Waals surface area contributed by atoms with Gasteiger partial charge < -0.3 is 19.3 Å². The molecule has 0 radical (unpaired) electrons. The van der Waals surface area contributed by atoms with E-state index in [1.54, 1.807) is 7.11 Å². The summed E-state index contributed by atoms with van der Waals surface area (Å²) in [7, 11) is 1.74. The third-order valence-electron chi connectivity index (χ3n) is 11.3.